The van der Waals surface area contributed by atoms with E-state index in [1.807, 2.05) is 18.3 Å². The quantitative estimate of drug-likeness (QED) is 0.452. The van der Waals surface area contributed by atoms with E-state index in [1.165, 1.54) is 16.7 Å². The number of nitriles is 1. The Morgan fingerprint density at radius 3 is 2.61 bits per heavy atom. The van der Waals surface area contributed by atoms with Crippen LogP contribution in [0.4, 0.5) is 4.79 Å². The van der Waals surface area contributed by atoms with Gasteiger partial charge in [0.15, 0.2) is 0 Å². The molecule has 172 valence electrons. The molecule has 0 aliphatic carbocycles. The number of carbonyl (C=O) groups excluding carboxylic acids is 1. The maximum absolute atomic E-state index is 12.7. The number of aryl methyl sites for hydroxylation is 2. The average Bonchev–Trinajstić information content (AvgIpc) is 3.41. The zero-order valence-corrected chi connectivity index (χ0v) is 20.1. The van der Waals surface area contributed by atoms with Crippen LogP contribution in [0.15, 0.2) is 42.6 Å². The summed E-state index contributed by atoms with van der Waals surface area (Å²) in [5.74, 6) is 0.881. The first-order valence-electron chi connectivity index (χ1n) is 11.9. The van der Waals surface area contributed by atoms with Crippen LogP contribution in [0.3, 0.4) is 0 Å². The molecule has 0 unspecified atom stereocenters. The Morgan fingerprint density at radius 2 is 1.91 bits per heavy atom. The lowest BCUT2D eigenvalue weighted by Crippen LogP contribution is -2.16. The normalized spacial score (nSPS) is 18.5. The lowest BCUT2D eigenvalue weighted by atomic mass is 9.82. The van der Waals surface area contributed by atoms with Crippen molar-refractivity contribution in [3.8, 4) is 6.07 Å². The van der Waals surface area contributed by atoms with Gasteiger partial charge in [-0.15, -0.1) is 0 Å². The number of unbranched alkanes of at least 4 members (excludes halogenated alkanes) is 1. The van der Waals surface area contributed by atoms with Crippen LogP contribution in [0.1, 0.15) is 53.5 Å². The Hall–Kier alpha value is -3.10. The smallest absolute Gasteiger partial charge is 0.418 e. The highest BCUT2D eigenvalue weighted by Crippen LogP contribution is 2.37. The molecule has 0 bridgehead atoms. The van der Waals surface area contributed by atoms with Crippen molar-refractivity contribution in [3.05, 3.63) is 70.4 Å². The van der Waals surface area contributed by atoms with E-state index in [-0.39, 0.29) is 6.09 Å². The van der Waals surface area contributed by atoms with E-state index in [2.05, 4.69) is 63.1 Å². The largest absolute Gasteiger partial charge is 0.449 e. The number of aromatic nitrogens is 1. The number of nitrogens with zero attached hydrogens (tertiary/aromatic N) is 3. The van der Waals surface area contributed by atoms with Gasteiger partial charge in [-0.25, -0.2) is 4.79 Å². The van der Waals surface area contributed by atoms with Crippen LogP contribution in [0, 0.1) is 31.1 Å². The summed E-state index contributed by atoms with van der Waals surface area (Å²) < 4.78 is 7.16. The van der Waals surface area contributed by atoms with E-state index in [0.29, 0.717) is 24.0 Å². The van der Waals surface area contributed by atoms with Crippen LogP contribution in [0.25, 0.3) is 10.9 Å². The number of rotatable bonds is 6. The topological polar surface area (TPSA) is 58.3 Å². The van der Waals surface area contributed by atoms with Crippen molar-refractivity contribution < 1.29 is 9.53 Å². The minimum atomic E-state index is -0.299. The lowest BCUT2D eigenvalue weighted by Gasteiger charge is -2.21. The van der Waals surface area contributed by atoms with Crippen LogP contribution in [-0.4, -0.2) is 42.3 Å². The van der Waals surface area contributed by atoms with E-state index in [9.17, 15) is 4.79 Å². The molecular formula is C28H33N3O2. The third-order valence-corrected chi connectivity index (χ3v) is 6.97. The number of benzene rings is 2. The molecule has 2 atom stereocenters. The Morgan fingerprint density at radius 1 is 1.15 bits per heavy atom. The molecule has 2 aromatic carbocycles. The molecule has 33 heavy (non-hydrogen) atoms. The Labute approximate surface area is 196 Å². The van der Waals surface area contributed by atoms with Crippen molar-refractivity contribution in [1.82, 2.24) is 9.47 Å². The minimum absolute atomic E-state index is 0.299. The zero-order chi connectivity index (χ0) is 23.5. The molecule has 1 aliphatic heterocycles. The van der Waals surface area contributed by atoms with E-state index >= 15 is 0 Å². The zero-order valence-electron chi connectivity index (χ0n) is 20.1. The van der Waals surface area contributed by atoms with Crippen LogP contribution >= 0.6 is 0 Å². The molecule has 3 aromatic rings. The molecule has 1 aromatic heterocycles. The van der Waals surface area contributed by atoms with Crippen LogP contribution in [-0.2, 0) is 11.2 Å². The van der Waals surface area contributed by atoms with Gasteiger partial charge in [-0.1, -0.05) is 31.5 Å². The lowest BCUT2D eigenvalue weighted by molar-refractivity contribution is 0.147. The summed E-state index contributed by atoms with van der Waals surface area (Å²) in [6.45, 7) is 8.82. The van der Waals surface area contributed by atoms with Gasteiger partial charge in [0.05, 0.1) is 23.8 Å². The van der Waals surface area contributed by atoms with E-state index < -0.39 is 0 Å². The summed E-state index contributed by atoms with van der Waals surface area (Å²) >= 11 is 0. The number of likely N-dealkylation sites (N-methyl/N-ethyl adjacent to an activating group) is 1. The number of hydrogen-bond acceptors (Lipinski definition) is 4. The van der Waals surface area contributed by atoms with Crippen molar-refractivity contribution in [1.29, 1.82) is 5.26 Å². The second-order valence-electron chi connectivity index (χ2n) is 9.43. The van der Waals surface area contributed by atoms with E-state index in [4.69, 9.17) is 10.00 Å². The molecule has 0 N–H and O–H groups in total. The summed E-state index contributed by atoms with van der Waals surface area (Å²) in [6.07, 6.45) is 4.38. The number of hydrogen-bond donors (Lipinski definition) is 0. The fourth-order valence-electron chi connectivity index (χ4n) is 5.31. The SMILES string of the molecule is CCCCOC(=O)n1ccc2c(C[C@@H]3CN(C)C[C@H]3c3ccc(C#N)cc3)c(C)cc(C)c21. The maximum atomic E-state index is 12.7. The summed E-state index contributed by atoms with van der Waals surface area (Å²) in [4.78, 5) is 15.1. The third-order valence-electron chi connectivity index (χ3n) is 6.97. The molecule has 0 amide bonds. The average molecular weight is 444 g/mol. The molecule has 1 aliphatic rings. The molecule has 5 heteroatoms. The monoisotopic (exact) mass is 443 g/mol. The summed E-state index contributed by atoms with van der Waals surface area (Å²) in [7, 11) is 2.18. The van der Waals surface area contributed by atoms with Gasteiger partial charge in [0, 0.05) is 30.6 Å². The van der Waals surface area contributed by atoms with Gasteiger partial charge in [-0.05, 0) is 80.1 Å². The molecule has 0 radical (unpaired) electrons. The fraction of sp³-hybridized carbons (Fsp3) is 0.429. The highest BCUT2D eigenvalue weighted by molar-refractivity contribution is 5.94. The van der Waals surface area contributed by atoms with Crippen molar-refractivity contribution >= 4 is 17.0 Å². The first-order valence-corrected chi connectivity index (χ1v) is 11.9. The van der Waals surface area contributed by atoms with Crippen LogP contribution < -0.4 is 0 Å². The summed E-state index contributed by atoms with van der Waals surface area (Å²) in [6, 6.07) is 14.5. The molecule has 2 heterocycles. The van der Waals surface area contributed by atoms with Crippen molar-refractivity contribution in [2.75, 3.05) is 26.7 Å². The van der Waals surface area contributed by atoms with Gasteiger partial charge in [0.25, 0.3) is 0 Å². The van der Waals surface area contributed by atoms with Gasteiger partial charge in [-0.2, -0.15) is 5.26 Å². The van der Waals surface area contributed by atoms with Crippen LogP contribution in [0.5, 0.6) is 0 Å². The maximum Gasteiger partial charge on any atom is 0.418 e. The van der Waals surface area contributed by atoms with Gasteiger partial charge in [-0.3, -0.25) is 4.57 Å². The first-order chi connectivity index (χ1) is 15.9. The molecule has 4 rings (SSSR count). The predicted octanol–water partition coefficient (Wildman–Crippen LogP) is 5.80. The summed E-state index contributed by atoms with van der Waals surface area (Å²) in [5, 5.41) is 10.3. The number of carbonyl (C=O) groups is 1. The summed E-state index contributed by atoms with van der Waals surface area (Å²) in [5.41, 5.74) is 6.63. The molecular weight excluding hydrogens is 410 g/mol. The standard InChI is InChI=1S/C28H33N3O2/c1-5-6-13-33-28(32)31-12-11-24-25(19(2)14-20(3)27(24)31)15-23-17-30(4)18-26(23)22-9-7-21(16-29)8-10-22/h7-12,14,23,26H,5-6,13,15,17-18H2,1-4H3/t23-,26+/m1/s1. The Balaban J connectivity index is 1.66. The molecule has 1 saturated heterocycles. The van der Waals surface area contributed by atoms with Gasteiger partial charge < -0.3 is 9.64 Å². The highest BCUT2D eigenvalue weighted by Gasteiger charge is 2.33. The van der Waals surface area contributed by atoms with Crippen LogP contribution in [0.2, 0.25) is 0 Å². The third kappa shape index (κ3) is 4.67. The van der Waals surface area contributed by atoms with Crippen molar-refractivity contribution in [2.45, 2.75) is 46.0 Å². The fourth-order valence-corrected chi connectivity index (χ4v) is 5.31. The second kappa shape index (κ2) is 9.80. The highest BCUT2D eigenvalue weighted by atomic mass is 16.5. The molecule has 1 fully saturated rings. The second-order valence-corrected chi connectivity index (χ2v) is 9.43. The van der Waals surface area contributed by atoms with Gasteiger partial charge in [0.1, 0.15) is 0 Å². The van der Waals surface area contributed by atoms with Crippen molar-refractivity contribution in [2.24, 2.45) is 5.92 Å². The van der Waals surface area contributed by atoms with Crippen molar-refractivity contribution in [3.63, 3.8) is 0 Å². The number of likely N-dealkylation sites (tertiary alicyclic amines) is 1. The molecule has 0 spiro atoms. The number of ether oxygens (including phenoxy) is 1. The molecule has 5 nitrogen and oxygen atoms in total. The number of fused-ring (bicyclic) bond motifs is 1. The molecule has 0 saturated carbocycles. The van der Waals surface area contributed by atoms with E-state index in [0.717, 1.165) is 48.8 Å². The Bertz CT molecular complexity index is 1190. The van der Waals surface area contributed by atoms with Gasteiger partial charge in [0.2, 0.25) is 0 Å². The Kier molecular flexibility index (Phi) is 6.85. The minimum Gasteiger partial charge on any atom is -0.449 e. The van der Waals surface area contributed by atoms with E-state index in [1.54, 1.807) is 4.57 Å². The van der Waals surface area contributed by atoms with Gasteiger partial charge >= 0.3 is 6.09 Å². The predicted molar refractivity (Wildman–Crippen MR) is 132 cm³/mol. The first kappa shape index (κ1) is 23.1.